The molecule has 0 bridgehead atoms. The van der Waals surface area contributed by atoms with Crippen LogP contribution in [-0.4, -0.2) is 12.3 Å². The first-order chi connectivity index (χ1) is 8.33. The molecule has 2 aliphatic carbocycles. The van der Waals surface area contributed by atoms with Gasteiger partial charge in [-0.3, -0.25) is 4.79 Å². The lowest BCUT2D eigenvalue weighted by atomic mass is 9.73. The molecule has 0 aliphatic heterocycles. The molecule has 98 valence electrons. The summed E-state index contributed by atoms with van der Waals surface area (Å²) in [6, 6.07) is 0. The minimum Gasteiger partial charge on any atom is -0.330 e. The minimum absolute atomic E-state index is 0.303. The van der Waals surface area contributed by atoms with Gasteiger partial charge in [0.25, 0.3) is 0 Å². The van der Waals surface area contributed by atoms with E-state index in [9.17, 15) is 4.79 Å². The highest BCUT2D eigenvalue weighted by Gasteiger charge is 2.33. The fourth-order valence-corrected chi connectivity index (χ4v) is 3.73. The monoisotopic (exact) mass is 237 g/mol. The summed E-state index contributed by atoms with van der Waals surface area (Å²) in [5.74, 6) is 1.73. The molecule has 2 nitrogen and oxygen atoms in total. The molecule has 0 aromatic carbocycles. The van der Waals surface area contributed by atoms with E-state index >= 15 is 0 Å². The Morgan fingerprint density at radius 1 is 0.882 bits per heavy atom. The van der Waals surface area contributed by atoms with Crippen molar-refractivity contribution in [3.8, 4) is 0 Å². The zero-order valence-electron chi connectivity index (χ0n) is 11.0. The Balaban J connectivity index is 1.96. The molecule has 2 heteroatoms. The summed E-state index contributed by atoms with van der Waals surface area (Å²) < 4.78 is 0. The Morgan fingerprint density at radius 3 is 2.12 bits per heavy atom. The number of rotatable bonds is 3. The Hall–Kier alpha value is -0.370. The number of hydrogen-bond acceptors (Lipinski definition) is 2. The Bertz CT molecular complexity index is 243. The van der Waals surface area contributed by atoms with Crippen LogP contribution in [0, 0.1) is 17.8 Å². The lowest BCUT2D eigenvalue weighted by Crippen LogP contribution is -2.35. The summed E-state index contributed by atoms with van der Waals surface area (Å²) in [4.78, 5) is 12.6. The van der Waals surface area contributed by atoms with Crippen molar-refractivity contribution < 1.29 is 4.79 Å². The molecular formula is C15H27NO. The smallest absolute Gasteiger partial charge is 0.139 e. The van der Waals surface area contributed by atoms with Crippen LogP contribution in [0.15, 0.2) is 0 Å². The van der Waals surface area contributed by atoms with E-state index in [0.717, 1.165) is 19.3 Å². The maximum atomic E-state index is 12.6. The maximum absolute atomic E-state index is 12.6. The fraction of sp³-hybridized carbons (Fsp3) is 0.933. The second-order valence-electron chi connectivity index (χ2n) is 5.98. The van der Waals surface area contributed by atoms with Gasteiger partial charge in [-0.15, -0.1) is 0 Å². The molecule has 0 saturated heterocycles. The quantitative estimate of drug-likeness (QED) is 0.765. The van der Waals surface area contributed by atoms with Crippen molar-refractivity contribution in [2.75, 3.05) is 6.54 Å². The normalized spacial score (nSPS) is 32.1. The van der Waals surface area contributed by atoms with Crippen LogP contribution in [0.25, 0.3) is 0 Å². The zero-order chi connectivity index (χ0) is 12.1. The van der Waals surface area contributed by atoms with Crippen LogP contribution >= 0.6 is 0 Å². The first kappa shape index (κ1) is 13.1. The van der Waals surface area contributed by atoms with Crippen molar-refractivity contribution in [3.05, 3.63) is 0 Å². The molecule has 2 aliphatic rings. The van der Waals surface area contributed by atoms with E-state index in [4.69, 9.17) is 5.73 Å². The fourth-order valence-electron chi connectivity index (χ4n) is 3.73. The molecule has 17 heavy (non-hydrogen) atoms. The Kier molecular flexibility index (Phi) is 5.02. The van der Waals surface area contributed by atoms with Gasteiger partial charge >= 0.3 is 0 Å². The molecule has 0 amide bonds. The SMILES string of the molecule is NCC1CCCCC1C(=O)C1CCCCCC1. The molecule has 0 heterocycles. The number of carbonyl (C=O) groups is 1. The predicted molar refractivity (Wildman–Crippen MR) is 70.7 cm³/mol. The number of Topliss-reactive ketones (excluding diaryl/α,β-unsaturated/α-hetero) is 1. The summed E-state index contributed by atoms with van der Waals surface area (Å²) in [5, 5.41) is 0. The molecular weight excluding hydrogens is 210 g/mol. The molecule has 2 atom stereocenters. The molecule has 2 rings (SSSR count). The number of carbonyl (C=O) groups excluding carboxylic acids is 1. The lowest BCUT2D eigenvalue weighted by molar-refractivity contribution is -0.129. The second-order valence-corrected chi connectivity index (χ2v) is 5.98. The van der Waals surface area contributed by atoms with Gasteiger partial charge in [0, 0.05) is 11.8 Å². The Labute approximate surface area is 105 Å². The van der Waals surface area contributed by atoms with Crippen LogP contribution in [0.1, 0.15) is 64.2 Å². The molecule has 2 fully saturated rings. The average Bonchev–Trinajstić information content (AvgIpc) is 2.66. The molecule has 0 aromatic heterocycles. The van der Waals surface area contributed by atoms with E-state index in [-0.39, 0.29) is 0 Å². The van der Waals surface area contributed by atoms with Gasteiger partial charge < -0.3 is 5.73 Å². The maximum Gasteiger partial charge on any atom is 0.139 e. The molecule has 2 unspecified atom stereocenters. The number of ketones is 1. The van der Waals surface area contributed by atoms with E-state index in [1.54, 1.807) is 0 Å². The first-order valence-corrected chi connectivity index (χ1v) is 7.56. The van der Waals surface area contributed by atoms with Crippen LogP contribution in [-0.2, 0) is 4.79 Å². The lowest BCUT2D eigenvalue weighted by Gasteiger charge is -2.32. The van der Waals surface area contributed by atoms with Crippen molar-refractivity contribution in [3.63, 3.8) is 0 Å². The predicted octanol–water partition coefficient (Wildman–Crippen LogP) is 3.29. The van der Waals surface area contributed by atoms with Crippen molar-refractivity contribution in [2.45, 2.75) is 64.2 Å². The number of nitrogens with two attached hydrogens (primary N) is 1. The van der Waals surface area contributed by atoms with E-state index in [1.165, 1.54) is 44.9 Å². The van der Waals surface area contributed by atoms with Crippen LogP contribution in [0.5, 0.6) is 0 Å². The third-order valence-corrected chi connectivity index (χ3v) is 4.83. The molecule has 0 radical (unpaired) electrons. The van der Waals surface area contributed by atoms with Gasteiger partial charge in [0.15, 0.2) is 0 Å². The highest BCUT2D eigenvalue weighted by atomic mass is 16.1. The number of hydrogen-bond donors (Lipinski definition) is 1. The average molecular weight is 237 g/mol. The zero-order valence-corrected chi connectivity index (χ0v) is 11.0. The molecule has 2 saturated carbocycles. The van der Waals surface area contributed by atoms with Gasteiger partial charge in [-0.25, -0.2) is 0 Å². The first-order valence-electron chi connectivity index (χ1n) is 7.56. The van der Waals surface area contributed by atoms with Crippen LogP contribution < -0.4 is 5.73 Å². The second kappa shape index (κ2) is 6.53. The van der Waals surface area contributed by atoms with Crippen molar-refractivity contribution in [1.29, 1.82) is 0 Å². The highest BCUT2D eigenvalue weighted by Crippen LogP contribution is 2.35. The summed E-state index contributed by atoms with van der Waals surface area (Å²) in [7, 11) is 0. The van der Waals surface area contributed by atoms with Crippen molar-refractivity contribution in [2.24, 2.45) is 23.5 Å². The summed E-state index contributed by atoms with van der Waals surface area (Å²) in [6.07, 6.45) is 12.3. The molecule has 2 N–H and O–H groups in total. The largest absolute Gasteiger partial charge is 0.330 e. The van der Waals surface area contributed by atoms with Gasteiger partial charge in [0.05, 0.1) is 0 Å². The topological polar surface area (TPSA) is 43.1 Å². The summed E-state index contributed by atoms with van der Waals surface area (Å²) in [5.41, 5.74) is 5.84. The summed E-state index contributed by atoms with van der Waals surface area (Å²) >= 11 is 0. The standard InChI is InChI=1S/C15H27NO/c16-11-13-9-5-6-10-14(13)15(17)12-7-3-1-2-4-8-12/h12-14H,1-11,16H2. The van der Waals surface area contributed by atoms with Gasteiger partial charge in [0.2, 0.25) is 0 Å². The molecule has 0 spiro atoms. The van der Waals surface area contributed by atoms with Crippen molar-refractivity contribution >= 4 is 5.78 Å². The highest BCUT2D eigenvalue weighted by molar-refractivity contribution is 5.83. The summed E-state index contributed by atoms with van der Waals surface area (Å²) in [6.45, 7) is 0.711. The van der Waals surface area contributed by atoms with Crippen molar-refractivity contribution in [1.82, 2.24) is 0 Å². The van der Waals surface area contributed by atoms with Gasteiger partial charge in [0.1, 0.15) is 5.78 Å². The Morgan fingerprint density at radius 2 is 1.47 bits per heavy atom. The van der Waals surface area contributed by atoms with Crippen LogP contribution in [0.3, 0.4) is 0 Å². The minimum atomic E-state index is 0.303. The van der Waals surface area contributed by atoms with Gasteiger partial charge in [-0.1, -0.05) is 38.5 Å². The molecule has 0 aromatic rings. The van der Waals surface area contributed by atoms with E-state index in [0.29, 0.717) is 30.1 Å². The van der Waals surface area contributed by atoms with E-state index in [1.807, 2.05) is 0 Å². The van der Waals surface area contributed by atoms with E-state index in [2.05, 4.69) is 0 Å². The van der Waals surface area contributed by atoms with Gasteiger partial charge in [-0.2, -0.15) is 0 Å². The van der Waals surface area contributed by atoms with E-state index < -0.39 is 0 Å². The van der Waals surface area contributed by atoms with Crippen LogP contribution in [0.4, 0.5) is 0 Å². The third-order valence-electron chi connectivity index (χ3n) is 4.83. The van der Waals surface area contributed by atoms with Crippen LogP contribution in [0.2, 0.25) is 0 Å². The van der Waals surface area contributed by atoms with Gasteiger partial charge in [-0.05, 0) is 38.1 Å². The third kappa shape index (κ3) is 3.31.